The van der Waals surface area contributed by atoms with Gasteiger partial charge in [0.05, 0.1) is 5.75 Å². The number of nitrogens with zero attached hydrogens (tertiary/aromatic N) is 1. The largest absolute Gasteiger partial charge is 0.352 e. The van der Waals surface area contributed by atoms with Gasteiger partial charge in [-0.1, -0.05) is 79.4 Å². The number of thioether (sulfide) groups is 1. The first-order valence-corrected chi connectivity index (χ1v) is 12.5. The predicted molar refractivity (Wildman–Crippen MR) is 129 cm³/mol. The normalized spacial score (nSPS) is 15.3. The van der Waals surface area contributed by atoms with Crippen molar-refractivity contribution in [3.63, 3.8) is 0 Å². The lowest BCUT2D eigenvalue weighted by Gasteiger charge is -2.31. The molecule has 0 bridgehead atoms. The average Bonchev–Trinajstić information content (AvgIpc) is 2.79. The molecule has 4 nitrogen and oxygen atoms in total. The number of rotatable bonds is 9. The van der Waals surface area contributed by atoms with Crippen LogP contribution in [0, 0.1) is 6.92 Å². The molecule has 0 radical (unpaired) electrons. The van der Waals surface area contributed by atoms with E-state index in [9.17, 15) is 9.59 Å². The molecule has 0 aliphatic heterocycles. The zero-order valence-corrected chi connectivity index (χ0v) is 19.5. The lowest BCUT2D eigenvalue weighted by atomic mass is 9.95. The van der Waals surface area contributed by atoms with Gasteiger partial charge >= 0.3 is 0 Å². The third-order valence-corrected chi connectivity index (χ3v) is 6.92. The number of hydrogen-bond donors (Lipinski definition) is 1. The van der Waals surface area contributed by atoms with Gasteiger partial charge in [0.25, 0.3) is 0 Å². The third-order valence-electron chi connectivity index (χ3n) is 5.93. The van der Waals surface area contributed by atoms with Crippen LogP contribution in [-0.4, -0.2) is 34.6 Å². The highest BCUT2D eigenvalue weighted by atomic mass is 32.2. The fourth-order valence-electron chi connectivity index (χ4n) is 3.95. The van der Waals surface area contributed by atoms with Crippen LogP contribution >= 0.6 is 11.8 Å². The Labute approximate surface area is 190 Å². The molecule has 31 heavy (non-hydrogen) atoms. The molecule has 1 atom stereocenters. The van der Waals surface area contributed by atoms with Gasteiger partial charge in [-0.15, -0.1) is 11.8 Å². The van der Waals surface area contributed by atoms with Crippen LogP contribution in [0.2, 0.25) is 0 Å². The standard InChI is InChI=1S/C26H34N2O2S/c1-20-13-15-23(16-14-20)18-31-19-25(29)28(17-22-9-5-3-6-10-22)21(2)26(30)27-24-11-7-4-8-12-24/h3,5-6,9-10,13-16,21,24H,4,7-8,11-12,17-19H2,1-2H3,(H,27,30)/t21-/m0/s1. The summed E-state index contributed by atoms with van der Waals surface area (Å²) in [7, 11) is 0. The van der Waals surface area contributed by atoms with E-state index in [4.69, 9.17) is 0 Å². The van der Waals surface area contributed by atoms with E-state index in [2.05, 4.69) is 36.5 Å². The lowest BCUT2D eigenvalue weighted by molar-refractivity contribution is -0.139. The highest BCUT2D eigenvalue weighted by molar-refractivity contribution is 7.99. The van der Waals surface area contributed by atoms with Crippen LogP contribution in [0.3, 0.4) is 0 Å². The summed E-state index contributed by atoms with van der Waals surface area (Å²) in [6.07, 6.45) is 5.66. The van der Waals surface area contributed by atoms with Crippen molar-refractivity contribution in [3.05, 3.63) is 71.3 Å². The zero-order valence-electron chi connectivity index (χ0n) is 18.7. The zero-order chi connectivity index (χ0) is 22.1. The van der Waals surface area contributed by atoms with Gasteiger partial charge < -0.3 is 10.2 Å². The molecule has 0 aromatic heterocycles. The highest BCUT2D eigenvalue weighted by Gasteiger charge is 2.27. The van der Waals surface area contributed by atoms with Crippen molar-refractivity contribution in [2.45, 2.75) is 70.3 Å². The molecule has 2 aromatic rings. The number of amides is 2. The third kappa shape index (κ3) is 7.42. The molecule has 5 heteroatoms. The number of nitrogens with one attached hydrogen (secondary N) is 1. The molecule has 1 saturated carbocycles. The maximum Gasteiger partial charge on any atom is 0.242 e. The molecule has 0 unspecified atom stereocenters. The van der Waals surface area contributed by atoms with Crippen molar-refractivity contribution in [1.29, 1.82) is 0 Å². The van der Waals surface area contributed by atoms with E-state index in [1.165, 1.54) is 30.4 Å². The lowest BCUT2D eigenvalue weighted by Crippen LogP contribution is -2.50. The van der Waals surface area contributed by atoms with E-state index < -0.39 is 6.04 Å². The second kappa shape index (κ2) is 11.9. The van der Waals surface area contributed by atoms with Crippen LogP contribution in [0.5, 0.6) is 0 Å². The molecule has 1 N–H and O–H groups in total. The smallest absolute Gasteiger partial charge is 0.242 e. The van der Waals surface area contributed by atoms with Crippen molar-refractivity contribution in [3.8, 4) is 0 Å². The molecule has 1 fully saturated rings. The number of carbonyl (C=O) groups excluding carboxylic acids is 2. The molecule has 3 rings (SSSR count). The average molecular weight is 439 g/mol. The first-order valence-electron chi connectivity index (χ1n) is 11.3. The SMILES string of the molecule is Cc1ccc(CSCC(=O)N(Cc2ccccc2)[C@@H](C)C(=O)NC2CCCCC2)cc1. The van der Waals surface area contributed by atoms with Gasteiger partial charge in [0, 0.05) is 18.3 Å². The summed E-state index contributed by atoms with van der Waals surface area (Å²) in [6, 6.07) is 18.1. The van der Waals surface area contributed by atoms with Gasteiger partial charge in [-0.2, -0.15) is 0 Å². The number of benzene rings is 2. The van der Waals surface area contributed by atoms with E-state index in [1.807, 2.05) is 37.3 Å². The van der Waals surface area contributed by atoms with E-state index in [1.54, 1.807) is 16.7 Å². The predicted octanol–water partition coefficient (Wildman–Crippen LogP) is 5.09. The molecular weight excluding hydrogens is 404 g/mol. The molecule has 0 heterocycles. The molecule has 2 amide bonds. The molecular formula is C26H34N2O2S. The quantitative estimate of drug-likeness (QED) is 0.593. The monoisotopic (exact) mass is 438 g/mol. The van der Waals surface area contributed by atoms with Gasteiger partial charge in [-0.05, 0) is 37.8 Å². The number of hydrogen-bond acceptors (Lipinski definition) is 3. The fraction of sp³-hybridized carbons (Fsp3) is 0.462. The topological polar surface area (TPSA) is 49.4 Å². The van der Waals surface area contributed by atoms with Crippen LogP contribution in [-0.2, 0) is 21.9 Å². The van der Waals surface area contributed by atoms with E-state index >= 15 is 0 Å². The molecule has 0 saturated heterocycles. The fourth-order valence-corrected chi connectivity index (χ4v) is 4.83. The Morgan fingerprint density at radius 3 is 2.35 bits per heavy atom. The minimum atomic E-state index is -0.491. The molecule has 2 aromatic carbocycles. The first kappa shape index (κ1) is 23.4. The van der Waals surface area contributed by atoms with Gasteiger partial charge in [-0.25, -0.2) is 0 Å². The molecule has 166 valence electrons. The van der Waals surface area contributed by atoms with Gasteiger partial charge in [-0.3, -0.25) is 9.59 Å². The minimum Gasteiger partial charge on any atom is -0.352 e. The van der Waals surface area contributed by atoms with Crippen molar-refractivity contribution in [1.82, 2.24) is 10.2 Å². The second-order valence-electron chi connectivity index (χ2n) is 8.51. The minimum absolute atomic E-state index is 0.00672. The van der Waals surface area contributed by atoms with E-state index in [-0.39, 0.29) is 17.9 Å². The summed E-state index contributed by atoms with van der Waals surface area (Å²) in [5, 5.41) is 3.19. The van der Waals surface area contributed by atoms with Crippen molar-refractivity contribution >= 4 is 23.6 Å². The van der Waals surface area contributed by atoms with Crippen LogP contribution < -0.4 is 5.32 Å². The van der Waals surface area contributed by atoms with Crippen LogP contribution in [0.15, 0.2) is 54.6 Å². The Morgan fingerprint density at radius 2 is 1.68 bits per heavy atom. The Balaban J connectivity index is 1.61. The van der Waals surface area contributed by atoms with Gasteiger partial charge in [0.1, 0.15) is 6.04 Å². The van der Waals surface area contributed by atoms with Gasteiger partial charge in [0.15, 0.2) is 0 Å². The maximum atomic E-state index is 13.2. The highest BCUT2D eigenvalue weighted by Crippen LogP contribution is 2.19. The van der Waals surface area contributed by atoms with Crippen molar-refractivity contribution in [2.75, 3.05) is 5.75 Å². The van der Waals surface area contributed by atoms with Crippen LogP contribution in [0.25, 0.3) is 0 Å². The van der Waals surface area contributed by atoms with E-state index in [0.29, 0.717) is 12.3 Å². The van der Waals surface area contributed by atoms with Crippen LogP contribution in [0.1, 0.15) is 55.7 Å². The Bertz CT molecular complexity index is 832. The second-order valence-corrected chi connectivity index (χ2v) is 9.49. The summed E-state index contributed by atoms with van der Waals surface area (Å²) in [5.74, 6) is 1.11. The molecule has 1 aliphatic rings. The van der Waals surface area contributed by atoms with Crippen molar-refractivity contribution < 1.29 is 9.59 Å². The summed E-state index contributed by atoms with van der Waals surface area (Å²) in [5.41, 5.74) is 3.48. The molecule has 0 spiro atoms. The number of aryl methyl sites for hydroxylation is 1. The van der Waals surface area contributed by atoms with Crippen LogP contribution in [0.4, 0.5) is 0 Å². The Morgan fingerprint density at radius 1 is 1.00 bits per heavy atom. The summed E-state index contributed by atoms with van der Waals surface area (Å²) >= 11 is 1.60. The van der Waals surface area contributed by atoms with Gasteiger partial charge in [0.2, 0.25) is 11.8 Å². The van der Waals surface area contributed by atoms with E-state index in [0.717, 1.165) is 24.2 Å². The summed E-state index contributed by atoms with van der Waals surface area (Å²) < 4.78 is 0. The Hall–Kier alpha value is -2.27. The molecule has 1 aliphatic carbocycles. The number of carbonyl (C=O) groups is 2. The van der Waals surface area contributed by atoms with Crippen molar-refractivity contribution in [2.24, 2.45) is 0 Å². The summed E-state index contributed by atoms with van der Waals surface area (Å²) in [6.45, 7) is 4.37. The Kier molecular flexibility index (Phi) is 9.01. The maximum absolute atomic E-state index is 13.2. The summed E-state index contributed by atoms with van der Waals surface area (Å²) in [4.78, 5) is 27.8. The first-order chi connectivity index (χ1) is 15.0.